The van der Waals surface area contributed by atoms with E-state index >= 15 is 0 Å². The lowest BCUT2D eigenvalue weighted by molar-refractivity contribution is -0.127. The molecule has 1 saturated carbocycles. The Kier molecular flexibility index (Phi) is 4.69. The van der Waals surface area contributed by atoms with Crippen LogP contribution in [0.1, 0.15) is 26.7 Å². The molecule has 1 aromatic rings. The molecule has 0 heterocycles. The van der Waals surface area contributed by atoms with E-state index in [0.717, 1.165) is 30.8 Å². The topological polar surface area (TPSA) is 29.5 Å². The van der Waals surface area contributed by atoms with Crippen LogP contribution in [0.3, 0.4) is 0 Å². The molecular formula is C17H25NO2. The third kappa shape index (κ3) is 3.33. The zero-order chi connectivity index (χ0) is 14.7. The molecule has 3 heteroatoms. The molecule has 0 amide bonds. The van der Waals surface area contributed by atoms with Gasteiger partial charge in [0.2, 0.25) is 0 Å². The summed E-state index contributed by atoms with van der Waals surface area (Å²) in [5, 5.41) is 0. The van der Waals surface area contributed by atoms with Crippen LogP contribution in [0.15, 0.2) is 24.3 Å². The van der Waals surface area contributed by atoms with Gasteiger partial charge >= 0.3 is 0 Å². The first-order valence-corrected chi connectivity index (χ1v) is 7.39. The van der Waals surface area contributed by atoms with Gasteiger partial charge in [0, 0.05) is 37.7 Å². The Bertz CT molecular complexity index is 472. The summed E-state index contributed by atoms with van der Waals surface area (Å²) in [6.07, 6.45) is 1.89. The molecule has 20 heavy (non-hydrogen) atoms. The number of nitrogens with zero attached hydrogens (tertiary/aromatic N) is 1. The van der Waals surface area contributed by atoms with Crippen LogP contribution >= 0.6 is 0 Å². The Morgan fingerprint density at radius 1 is 1.35 bits per heavy atom. The average Bonchev–Trinajstić information content (AvgIpc) is 2.42. The molecule has 0 N–H and O–H groups in total. The predicted octanol–water partition coefficient (Wildman–Crippen LogP) is 3.38. The molecule has 0 radical (unpaired) electrons. The zero-order valence-electron chi connectivity index (χ0n) is 12.9. The summed E-state index contributed by atoms with van der Waals surface area (Å²) in [6.45, 7) is 5.17. The largest absolute Gasteiger partial charge is 0.497 e. The highest BCUT2D eigenvalue weighted by Gasteiger charge is 2.33. The number of Topliss-reactive ketones (excluding diaryl/α,β-unsaturated/α-hetero) is 1. The Balaban J connectivity index is 2.06. The lowest BCUT2D eigenvalue weighted by Gasteiger charge is -2.34. The minimum atomic E-state index is 0.155. The number of ether oxygens (including phenoxy) is 1. The monoisotopic (exact) mass is 275 g/mol. The van der Waals surface area contributed by atoms with Crippen LogP contribution in [0.2, 0.25) is 0 Å². The van der Waals surface area contributed by atoms with Crippen LogP contribution in [0.4, 0.5) is 5.69 Å². The van der Waals surface area contributed by atoms with E-state index in [1.807, 2.05) is 25.2 Å². The maximum Gasteiger partial charge on any atom is 0.138 e. The lowest BCUT2D eigenvalue weighted by Crippen LogP contribution is -2.38. The van der Waals surface area contributed by atoms with Crippen LogP contribution in [0.5, 0.6) is 5.75 Å². The second-order valence-electron chi connectivity index (χ2n) is 6.18. The maximum atomic E-state index is 12.3. The molecule has 0 aliphatic heterocycles. The first-order chi connectivity index (χ1) is 9.51. The first kappa shape index (κ1) is 14.9. The third-order valence-electron chi connectivity index (χ3n) is 4.39. The van der Waals surface area contributed by atoms with Crippen LogP contribution < -0.4 is 9.64 Å². The smallest absolute Gasteiger partial charge is 0.138 e. The highest BCUT2D eigenvalue weighted by atomic mass is 16.5. The van der Waals surface area contributed by atoms with Crippen molar-refractivity contribution in [2.45, 2.75) is 26.7 Å². The van der Waals surface area contributed by atoms with Gasteiger partial charge in [-0.1, -0.05) is 19.9 Å². The minimum Gasteiger partial charge on any atom is -0.497 e. The van der Waals surface area contributed by atoms with Gasteiger partial charge in [-0.05, 0) is 30.4 Å². The van der Waals surface area contributed by atoms with Crippen molar-refractivity contribution in [1.29, 1.82) is 0 Å². The highest BCUT2D eigenvalue weighted by Crippen LogP contribution is 2.32. The van der Waals surface area contributed by atoms with Crippen LogP contribution in [-0.4, -0.2) is 26.5 Å². The van der Waals surface area contributed by atoms with E-state index in [2.05, 4.69) is 24.8 Å². The first-order valence-electron chi connectivity index (χ1n) is 7.39. The zero-order valence-corrected chi connectivity index (χ0v) is 12.9. The molecule has 1 aromatic carbocycles. The number of anilines is 1. The Morgan fingerprint density at radius 3 is 2.75 bits per heavy atom. The molecule has 0 aromatic heterocycles. The van der Waals surface area contributed by atoms with E-state index in [4.69, 9.17) is 4.74 Å². The fourth-order valence-electron chi connectivity index (χ4n) is 3.22. The van der Waals surface area contributed by atoms with Crippen molar-refractivity contribution in [2.75, 3.05) is 25.6 Å². The normalized spacial score (nSPS) is 26.4. The van der Waals surface area contributed by atoms with E-state index in [0.29, 0.717) is 17.6 Å². The van der Waals surface area contributed by atoms with Gasteiger partial charge in [0.05, 0.1) is 7.11 Å². The second-order valence-corrected chi connectivity index (χ2v) is 6.18. The SMILES string of the molecule is COc1cccc(N(C)CC2C(=O)CC(C)CC2C)c1. The molecule has 110 valence electrons. The van der Waals surface area contributed by atoms with Crippen molar-refractivity contribution in [1.82, 2.24) is 0 Å². The number of carbonyl (C=O) groups excluding carboxylic acids is 1. The number of carbonyl (C=O) groups is 1. The molecule has 2 rings (SSSR count). The molecule has 1 fully saturated rings. The van der Waals surface area contributed by atoms with E-state index in [-0.39, 0.29) is 5.92 Å². The lowest BCUT2D eigenvalue weighted by atomic mass is 9.74. The summed E-state index contributed by atoms with van der Waals surface area (Å²) in [4.78, 5) is 14.4. The molecule has 0 saturated heterocycles. The van der Waals surface area contributed by atoms with Crippen molar-refractivity contribution in [3.05, 3.63) is 24.3 Å². The fraction of sp³-hybridized carbons (Fsp3) is 0.588. The number of hydrogen-bond donors (Lipinski definition) is 0. The standard InChI is InChI=1S/C17H25NO2/c1-12-8-13(2)16(17(19)9-12)11-18(3)14-6-5-7-15(10-14)20-4/h5-7,10,12-13,16H,8-9,11H2,1-4H3. The van der Waals surface area contributed by atoms with Crippen molar-refractivity contribution < 1.29 is 9.53 Å². The van der Waals surface area contributed by atoms with E-state index < -0.39 is 0 Å². The Hall–Kier alpha value is -1.51. The molecule has 3 unspecified atom stereocenters. The Labute approximate surface area is 121 Å². The van der Waals surface area contributed by atoms with Crippen molar-refractivity contribution in [3.63, 3.8) is 0 Å². The number of ketones is 1. The van der Waals surface area contributed by atoms with Crippen molar-refractivity contribution in [2.24, 2.45) is 17.8 Å². The van der Waals surface area contributed by atoms with E-state index in [1.165, 1.54) is 0 Å². The van der Waals surface area contributed by atoms with E-state index in [9.17, 15) is 4.79 Å². The molecule has 1 aliphatic carbocycles. The van der Waals surface area contributed by atoms with Crippen LogP contribution in [0.25, 0.3) is 0 Å². The van der Waals surface area contributed by atoms with Gasteiger partial charge in [-0.25, -0.2) is 0 Å². The summed E-state index contributed by atoms with van der Waals surface area (Å²) in [5.41, 5.74) is 1.10. The summed E-state index contributed by atoms with van der Waals surface area (Å²) in [6, 6.07) is 8.00. The van der Waals surface area contributed by atoms with Crippen LogP contribution in [0, 0.1) is 17.8 Å². The van der Waals surface area contributed by atoms with Crippen molar-refractivity contribution >= 4 is 11.5 Å². The third-order valence-corrected chi connectivity index (χ3v) is 4.39. The van der Waals surface area contributed by atoms with E-state index in [1.54, 1.807) is 7.11 Å². The second kappa shape index (κ2) is 6.29. The van der Waals surface area contributed by atoms with Gasteiger partial charge in [-0.3, -0.25) is 4.79 Å². The number of methoxy groups -OCH3 is 1. The van der Waals surface area contributed by atoms with Crippen molar-refractivity contribution in [3.8, 4) is 5.75 Å². The molecule has 0 spiro atoms. The maximum absolute atomic E-state index is 12.3. The van der Waals surface area contributed by atoms with Gasteiger partial charge < -0.3 is 9.64 Å². The molecule has 3 nitrogen and oxygen atoms in total. The summed E-state index contributed by atoms with van der Waals surface area (Å²) in [5.74, 6) is 2.44. The van der Waals surface area contributed by atoms with Crippen LogP contribution in [-0.2, 0) is 4.79 Å². The number of hydrogen-bond acceptors (Lipinski definition) is 3. The highest BCUT2D eigenvalue weighted by molar-refractivity contribution is 5.83. The van der Waals surface area contributed by atoms with Gasteiger partial charge in [-0.2, -0.15) is 0 Å². The average molecular weight is 275 g/mol. The minimum absolute atomic E-state index is 0.155. The molecular weight excluding hydrogens is 250 g/mol. The van der Waals surface area contributed by atoms with Gasteiger partial charge in [0.25, 0.3) is 0 Å². The molecule has 3 atom stereocenters. The molecule has 0 bridgehead atoms. The molecule has 1 aliphatic rings. The predicted molar refractivity (Wildman–Crippen MR) is 82.3 cm³/mol. The summed E-state index contributed by atoms with van der Waals surface area (Å²) < 4.78 is 5.26. The summed E-state index contributed by atoms with van der Waals surface area (Å²) in [7, 11) is 3.72. The Morgan fingerprint density at radius 2 is 2.10 bits per heavy atom. The number of rotatable bonds is 4. The van der Waals surface area contributed by atoms with Gasteiger partial charge in [-0.15, -0.1) is 0 Å². The number of benzene rings is 1. The fourth-order valence-corrected chi connectivity index (χ4v) is 3.22. The summed E-state index contributed by atoms with van der Waals surface area (Å²) >= 11 is 0. The quantitative estimate of drug-likeness (QED) is 0.843. The van der Waals surface area contributed by atoms with Gasteiger partial charge in [0.1, 0.15) is 11.5 Å². The van der Waals surface area contributed by atoms with Gasteiger partial charge in [0.15, 0.2) is 0 Å².